The fraction of sp³-hybridized carbons (Fsp3) is 0.647. The summed E-state index contributed by atoms with van der Waals surface area (Å²) in [6.45, 7) is 10.2. The van der Waals surface area contributed by atoms with Gasteiger partial charge in [-0.1, -0.05) is 24.6 Å². The number of ether oxygens (including phenoxy) is 1. The lowest BCUT2D eigenvalue weighted by molar-refractivity contribution is 0.224. The molecule has 0 radical (unpaired) electrons. The number of hydrogen-bond acceptors (Lipinski definition) is 3. The highest BCUT2D eigenvalue weighted by Gasteiger charge is 2.24. The number of benzene rings is 1. The molecule has 2 heterocycles. The molecule has 0 amide bonds. The molecule has 1 fully saturated rings. The molecule has 0 saturated carbocycles. The van der Waals surface area contributed by atoms with E-state index in [1.807, 2.05) is 0 Å². The van der Waals surface area contributed by atoms with E-state index in [4.69, 9.17) is 4.74 Å². The predicted molar refractivity (Wildman–Crippen MR) is 82.4 cm³/mol. The van der Waals surface area contributed by atoms with Gasteiger partial charge < -0.3 is 15.0 Å². The standard InChI is InChI=1S/C17H26N2O/c1-3-19-7-6-14(12-19)10-18-11-16-9-15-8-13(2)4-5-17(15)20-16/h4-5,8,14,16,18H,3,6-7,9-12H2,1-2H3. The molecule has 110 valence electrons. The summed E-state index contributed by atoms with van der Waals surface area (Å²) >= 11 is 0. The Hall–Kier alpha value is -1.06. The number of nitrogens with one attached hydrogen (secondary N) is 1. The zero-order valence-electron chi connectivity index (χ0n) is 12.7. The van der Waals surface area contributed by atoms with E-state index in [2.05, 4.69) is 42.3 Å². The Morgan fingerprint density at radius 1 is 1.35 bits per heavy atom. The van der Waals surface area contributed by atoms with Crippen LogP contribution in [0.1, 0.15) is 24.5 Å². The van der Waals surface area contributed by atoms with E-state index in [0.717, 1.165) is 31.2 Å². The van der Waals surface area contributed by atoms with Crippen molar-refractivity contribution in [3.63, 3.8) is 0 Å². The largest absolute Gasteiger partial charge is 0.488 e. The lowest BCUT2D eigenvalue weighted by Crippen LogP contribution is -2.34. The van der Waals surface area contributed by atoms with Crippen molar-refractivity contribution in [3.8, 4) is 5.75 Å². The monoisotopic (exact) mass is 274 g/mol. The van der Waals surface area contributed by atoms with Crippen LogP contribution in [0.25, 0.3) is 0 Å². The topological polar surface area (TPSA) is 24.5 Å². The second-order valence-electron chi connectivity index (χ2n) is 6.26. The third-order valence-corrected chi connectivity index (χ3v) is 4.58. The lowest BCUT2D eigenvalue weighted by Gasteiger charge is -2.16. The van der Waals surface area contributed by atoms with Crippen LogP contribution in [0.3, 0.4) is 0 Å². The van der Waals surface area contributed by atoms with Gasteiger partial charge in [0.05, 0.1) is 0 Å². The second-order valence-corrected chi connectivity index (χ2v) is 6.26. The minimum Gasteiger partial charge on any atom is -0.488 e. The van der Waals surface area contributed by atoms with Gasteiger partial charge in [0.25, 0.3) is 0 Å². The van der Waals surface area contributed by atoms with Gasteiger partial charge in [-0.05, 0) is 50.5 Å². The fourth-order valence-corrected chi connectivity index (χ4v) is 3.38. The van der Waals surface area contributed by atoms with E-state index in [9.17, 15) is 0 Å². The molecule has 1 aromatic carbocycles. The Morgan fingerprint density at radius 2 is 2.25 bits per heavy atom. The van der Waals surface area contributed by atoms with E-state index >= 15 is 0 Å². The molecule has 3 rings (SSSR count). The molecule has 2 unspecified atom stereocenters. The Balaban J connectivity index is 1.41. The molecule has 0 bridgehead atoms. The highest BCUT2D eigenvalue weighted by atomic mass is 16.5. The molecule has 0 aromatic heterocycles. The van der Waals surface area contributed by atoms with Crippen LogP contribution in [0.15, 0.2) is 18.2 Å². The van der Waals surface area contributed by atoms with Gasteiger partial charge in [0.15, 0.2) is 0 Å². The zero-order chi connectivity index (χ0) is 13.9. The van der Waals surface area contributed by atoms with Crippen molar-refractivity contribution in [2.24, 2.45) is 5.92 Å². The van der Waals surface area contributed by atoms with Crippen molar-refractivity contribution in [3.05, 3.63) is 29.3 Å². The van der Waals surface area contributed by atoms with Gasteiger partial charge in [-0.3, -0.25) is 0 Å². The quantitative estimate of drug-likeness (QED) is 0.891. The van der Waals surface area contributed by atoms with E-state index in [-0.39, 0.29) is 0 Å². The van der Waals surface area contributed by atoms with Crippen LogP contribution in [0.4, 0.5) is 0 Å². The van der Waals surface area contributed by atoms with Gasteiger partial charge in [-0.25, -0.2) is 0 Å². The Morgan fingerprint density at radius 3 is 3.05 bits per heavy atom. The zero-order valence-corrected chi connectivity index (χ0v) is 12.7. The van der Waals surface area contributed by atoms with Gasteiger partial charge >= 0.3 is 0 Å². The van der Waals surface area contributed by atoms with Crippen molar-refractivity contribution in [1.82, 2.24) is 10.2 Å². The molecule has 0 spiro atoms. The first-order valence-electron chi connectivity index (χ1n) is 7.94. The molecular weight excluding hydrogens is 248 g/mol. The molecule has 2 aliphatic rings. The Labute approximate surface area is 122 Å². The number of aryl methyl sites for hydroxylation is 1. The average molecular weight is 274 g/mol. The van der Waals surface area contributed by atoms with Crippen LogP contribution in [-0.4, -0.2) is 43.7 Å². The van der Waals surface area contributed by atoms with Crippen LogP contribution >= 0.6 is 0 Å². The maximum Gasteiger partial charge on any atom is 0.123 e. The van der Waals surface area contributed by atoms with Crippen molar-refractivity contribution in [2.75, 3.05) is 32.7 Å². The number of fused-ring (bicyclic) bond motifs is 1. The third-order valence-electron chi connectivity index (χ3n) is 4.58. The SMILES string of the molecule is CCN1CCC(CNCC2Cc3cc(C)ccc3O2)C1. The Bertz CT molecular complexity index is 460. The highest BCUT2D eigenvalue weighted by Crippen LogP contribution is 2.29. The minimum absolute atomic E-state index is 0.315. The molecule has 3 nitrogen and oxygen atoms in total. The minimum atomic E-state index is 0.315. The van der Waals surface area contributed by atoms with E-state index in [1.165, 1.54) is 37.2 Å². The first kappa shape index (κ1) is 13.9. The molecule has 3 heteroatoms. The summed E-state index contributed by atoms with van der Waals surface area (Å²) < 4.78 is 6.00. The Kier molecular flexibility index (Phi) is 4.27. The fourth-order valence-electron chi connectivity index (χ4n) is 3.38. The summed E-state index contributed by atoms with van der Waals surface area (Å²) in [5, 5.41) is 3.61. The summed E-state index contributed by atoms with van der Waals surface area (Å²) in [4.78, 5) is 2.54. The number of hydrogen-bond donors (Lipinski definition) is 1. The molecule has 1 saturated heterocycles. The molecule has 1 aromatic rings. The van der Waals surface area contributed by atoms with Crippen LogP contribution in [0, 0.1) is 12.8 Å². The number of nitrogens with zero attached hydrogens (tertiary/aromatic N) is 1. The normalized spacial score (nSPS) is 25.7. The summed E-state index contributed by atoms with van der Waals surface area (Å²) in [6.07, 6.45) is 2.71. The summed E-state index contributed by atoms with van der Waals surface area (Å²) in [7, 11) is 0. The van der Waals surface area contributed by atoms with E-state index in [0.29, 0.717) is 6.10 Å². The summed E-state index contributed by atoms with van der Waals surface area (Å²) in [6, 6.07) is 6.50. The molecule has 20 heavy (non-hydrogen) atoms. The van der Waals surface area contributed by atoms with Gasteiger partial charge in [-0.15, -0.1) is 0 Å². The second kappa shape index (κ2) is 6.15. The maximum absolute atomic E-state index is 6.00. The van der Waals surface area contributed by atoms with Crippen molar-refractivity contribution in [2.45, 2.75) is 32.8 Å². The molecular formula is C17H26N2O. The number of rotatable bonds is 5. The lowest BCUT2D eigenvalue weighted by atomic mass is 10.1. The first-order valence-corrected chi connectivity index (χ1v) is 7.94. The van der Waals surface area contributed by atoms with E-state index < -0.39 is 0 Å². The van der Waals surface area contributed by atoms with Crippen LogP contribution < -0.4 is 10.1 Å². The predicted octanol–water partition coefficient (Wildman–Crippen LogP) is 2.23. The molecule has 0 aliphatic carbocycles. The number of likely N-dealkylation sites (tertiary alicyclic amines) is 1. The van der Waals surface area contributed by atoms with Crippen molar-refractivity contribution >= 4 is 0 Å². The van der Waals surface area contributed by atoms with Gasteiger partial charge in [0.2, 0.25) is 0 Å². The summed E-state index contributed by atoms with van der Waals surface area (Å²) in [5.74, 6) is 1.90. The van der Waals surface area contributed by atoms with Gasteiger partial charge in [0, 0.05) is 19.5 Å². The smallest absolute Gasteiger partial charge is 0.123 e. The van der Waals surface area contributed by atoms with Crippen LogP contribution in [0.2, 0.25) is 0 Å². The maximum atomic E-state index is 6.00. The van der Waals surface area contributed by atoms with E-state index in [1.54, 1.807) is 0 Å². The van der Waals surface area contributed by atoms with Gasteiger partial charge in [-0.2, -0.15) is 0 Å². The van der Waals surface area contributed by atoms with Crippen molar-refractivity contribution < 1.29 is 4.74 Å². The summed E-state index contributed by atoms with van der Waals surface area (Å²) in [5.41, 5.74) is 2.70. The van der Waals surface area contributed by atoms with Gasteiger partial charge in [0.1, 0.15) is 11.9 Å². The van der Waals surface area contributed by atoms with Crippen molar-refractivity contribution in [1.29, 1.82) is 0 Å². The van der Waals surface area contributed by atoms with Crippen LogP contribution in [0.5, 0.6) is 5.75 Å². The molecule has 2 aliphatic heterocycles. The average Bonchev–Trinajstić information content (AvgIpc) is 3.04. The highest BCUT2D eigenvalue weighted by molar-refractivity contribution is 5.40. The molecule has 1 N–H and O–H groups in total. The third kappa shape index (κ3) is 3.15. The molecule has 2 atom stereocenters. The first-order chi connectivity index (χ1) is 9.74. The van der Waals surface area contributed by atoms with Crippen LogP contribution in [-0.2, 0) is 6.42 Å².